The number of methoxy groups -OCH3 is 1. The molecule has 0 spiro atoms. The third-order valence-electron chi connectivity index (χ3n) is 1.85. The molecule has 0 unspecified atom stereocenters. The summed E-state index contributed by atoms with van der Waals surface area (Å²) >= 11 is 11.4. The number of alkyl halides is 1. The van der Waals surface area contributed by atoms with E-state index in [4.69, 9.17) is 28.5 Å². The molecule has 1 rings (SSSR count). The highest BCUT2D eigenvalue weighted by Crippen LogP contribution is 2.22. The lowest BCUT2D eigenvalue weighted by Crippen LogP contribution is -2.06. The molecule has 0 radical (unpaired) electrons. The fourth-order valence-electron chi connectivity index (χ4n) is 1.17. The monoisotopic (exact) mass is 243 g/mol. The predicted molar refractivity (Wildman–Crippen MR) is 57.1 cm³/mol. The normalized spacial score (nSPS) is 9.47. The number of nitriles is 1. The van der Waals surface area contributed by atoms with E-state index in [1.807, 2.05) is 6.07 Å². The van der Waals surface area contributed by atoms with Crippen LogP contribution in [0, 0.1) is 11.3 Å². The van der Waals surface area contributed by atoms with Crippen LogP contribution in [-0.2, 0) is 10.6 Å². The van der Waals surface area contributed by atoms with Crippen molar-refractivity contribution in [2.75, 3.05) is 7.11 Å². The second-order valence-corrected chi connectivity index (χ2v) is 3.43. The average molecular weight is 244 g/mol. The number of carbonyl (C=O) groups excluding carboxylic acids is 1. The van der Waals surface area contributed by atoms with Crippen LogP contribution in [0.4, 0.5) is 0 Å². The van der Waals surface area contributed by atoms with E-state index in [1.54, 1.807) is 6.07 Å². The van der Waals surface area contributed by atoms with Gasteiger partial charge in [-0.3, -0.25) is 0 Å². The molecule has 0 aromatic heterocycles. The fourth-order valence-corrected chi connectivity index (χ4v) is 1.62. The van der Waals surface area contributed by atoms with Crippen LogP contribution >= 0.6 is 23.2 Å². The maximum absolute atomic E-state index is 11.3. The standard InChI is InChI=1S/C10H7Cl2NO2/c1-15-10(14)8-3-7(12)2-6(4-11)9(8)5-13/h2-3H,4H2,1H3. The zero-order valence-corrected chi connectivity index (χ0v) is 9.39. The number of halogens is 2. The van der Waals surface area contributed by atoms with Crippen LogP contribution in [0.15, 0.2) is 12.1 Å². The summed E-state index contributed by atoms with van der Waals surface area (Å²) in [6.07, 6.45) is 0. The number of nitrogens with zero attached hydrogens (tertiary/aromatic N) is 1. The van der Waals surface area contributed by atoms with Gasteiger partial charge < -0.3 is 4.74 Å². The molecule has 0 fully saturated rings. The Kier molecular flexibility index (Phi) is 3.96. The van der Waals surface area contributed by atoms with Gasteiger partial charge in [-0.05, 0) is 17.7 Å². The molecule has 78 valence electrons. The van der Waals surface area contributed by atoms with Gasteiger partial charge in [0.25, 0.3) is 0 Å². The van der Waals surface area contributed by atoms with Crippen molar-refractivity contribution in [1.29, 1.82) is 5.26 Å². The molecule has 0 heterocycles. The van der Waals surface area contributed by atoms with Gasteiger partial charge in [-0.1, -0.05) is 11.6 Å². The first-order chi connectivity index (χ1) is 7.13. The average Bonchev–Trinajstić information content (AvgIpc) is 2.26. The van der Waals surface area contributed by atoms with Crippen LogP contribution in [0.5, 0.6) is 0 Å². The predicted octanol–water partition coefficient (Wildman–Crippen LogP) is 2.74. The third kappa shape index (κ3) is 2.41. The molecular weight excluding hydrogens is 237 g/mol. The number of esters is 1. The van der Waals surface area contributed by atoms with Gasteiger partial charge in [0.15, 0.2) is 0 Å². The van der Waals surface area contributed by atoms with Crippen molar-refractivity contribution in [2.24, 2.45) is 0 Å². The topological polar surface area (TPSA) is 50.1 Å². The second-order valence-electron chi connectivity index (χ2n) is 2.72. The molecule has 0 atom stereocenters. The Morgan fingerprint density at radius 1 is 1.60 bits per heavy atom. The molecule has 0 aliphatic heterocycles. The Labute approximate surface area is 97.2 Å². The molecule has 15 heavy (non-hydrogen) atoms. The number of ether oxygens (including phenoxy) is 1. The van der Waals surface area contributed by atoms with E-state index in [0.717, 1.165) is 0 Å². The minimum Gasteiger partial charge on any atom is -0.465 e. The van der Waals surface area contributed by atoms with Gasteiger partial charge in [0.2, 0.25) is 0 Å². The summed E-state index contributed by atoms with van der Waals surface area (Å²) < 4.78 is 4.54. The minimum atomic E-state index is -0.597. The molecule has 0 saturated carbocycles. The maximum Gasteiger partial charge on any atom is 0.339 e. The molecule has 0 N–H and O–H groups in total. The summed E-state index contributed by atoms with van der Waals surface area (Å²) in [7, 11) is 1.24. The molecule has 1 aromatic carbocycles. The van der Waals surface area contributed by atoms with Crippen LogP contribution < -0.4 is 0 Å². The SMILES string of the molecule is COC(=O)c1cc(Cl)cc(CCl)c1C#N. The van der Waals surface area contributed by atoms with Crippen LogP contribution in [0.2, 0.25) is 5.02 Å². The van der Waals surface area contributed by atoms with Crippen molar-refractivity contribution in [3.8, 4) is 6.07 Å². The van der Waals surface area contributed by atoms with E-state index >= 15 is 0 Å². The van der Waals surface area contributed by atoms with Gasteiger partial charge in [0.1, 0.15) is 6.07 Å². The lowest BCUT2D eigenvalue weighted by molar-refractivity contribution is 0.0600. The molecule has 5 heteroatoms. The van der Waals surface area contributed by atoms with Crippen LogP contribution in [0.3, 0.4) is 0 Å². The number of rotatable bonds is 2. The van der Waals surface area contributed by atoms with E-state index in [2.05, 4.69) is 4.74 Å². The van der Waals surface area contributed by atoms with Crippen molar-refractivity contribution in [3.05, 3.63) is 33.8 Å². The summed E-state index contributed by atoms with van der Waals surface area (Å²) in [6.45, 7) is 0. The van der Waals surface area contributed by atoms with Gasteiger partial charge in [0.05, 0.1) is 18.2 Å². The van der Waals surface area contributed by atoms with E-state index in [1.165, 1.54) is 13.2 Å². The number of hydrogen-bond donors (Lipinski definition) is 0. The summed E-state index contributed by atoms with van der Waals surface area (Å²) in [4.78, 5) is 11.3. The van der Waals surface area contributed by atoms with E-state index in [-0.39, 0.29) is 17.0 Å². The Bertz CT molecular complexity index is 438. The fraction of sp³-hybridized carbons (Fsp3) is 0.200. The Morgan fingerprint density at radius 3 is 2.73 bits per heavy atom. The first kappa shape index (κ1) is 11.8. The van der Waals surface area contributed by atoms with E-state index in [0.29, 0.717) is 10.6 Å². The zero-order valence-electron chi connectivity index (χ0n) is 7.88. The van der Waals surface area contributed by atoms with Crippen LogP contribution in [-0.4, -0.2) is 13.1 Å². The van der Waals surface area contributed by atoms with E-state index in [9.17, 15) is 4.79 Å². The first-order valence-electron chi connectivity index (χ1n) is 4.00. The largest absolute Gasteiger partial charge is 0.465 e. The van der Waals surface area contributed by atoms with Crippen molar-refractivity contribution in [1.82, 2.24) is 0 Å². The molecule has 0 bridgehead atoms. The lowest BCUT2D eigenvalue weighted by atomic mass is 10.0. The Morgan fingerprint density at radius 2 is 2.27 bits per heavy atom. The third-order valence-corrected chi connectivity index (χ3v) is 2.35. The Balaban J connectivity index is 3.43. The molecule has 0 saturated heterocycles. The summed E-state index contributed by atoms with van der Waals surface area (Å²) in [5.41, 5.74) is 0.872. The zero-order chi connectivity index (χ0) is 11.4. The van der Waals surface area contributed by atoms with Crippen molar-refractivity contribution < 1.29 is 9.53 Å². The highest BCUT2D eigenvalue weighted by Gasteiger charge is 2.16. The lowest BCUT2D eigenvalue weighted by Gasteiger charge is -2.06. The molecular formula is C10H7Cl2NO2. The van der Waals surface area contributed by atoms with Gasteiger partial charge >= 0.3 is 5.97 Å². The smallest absolute Gasteiger partial charge is 0.339 e. The molecule has 0 amide bonds. The highest BCUT2D eigenvalue weighted by molar-refractivity contribution is 6.31. The van der Waals surface area contributed by atoms with Gasteiger partial charge in [0, 0.05) is 10.9 Å². The minimum absolute atomic E-state index is 0.118. The van der Waals surface area contributed by atoms with Gasteiger partial charge in [-0.15, -0.1) is 11.6 Å². The first-order valence-corrected chi connectivity index (χ1v) is 4.92. The van der Waals surface area contributed by atoms with Crippen LogP contribution in [0.1, 0.15) is 21.5 Å². The Hall–Kier alpha value is -1.24. The summed E-state index contributed by atoms with van der Waals surface area (Å²) in [6, 6.07) is 4.86. The molecule has 0 aliphatic rings. The molecule has 0 aliphatic carbocycles. The van der Waals surface area contributed by atoms with Gasteiger partial charge in [-0.25, -0.2) is 4.79 Å². The van der Waals surface area contributed by atoms with Crippen LogP contribution in [0.25, 0.3) is 0 Å². The highest BCUT2D eigenvalue weighted by atomic mass is 35.5. The van der Waals surface area contributed by atoms with Crippen molar-refractivity contribution >= 4 is 29.2 Å². The maximum atomic E-state index is 11.3. The molecule has 1 aromatic rings. The van der Waals surface area contributed by atoms with Gasteiger partial charge in [-0.2, -0.15) is 5.26 Å². The number of carbonyl (C=O) groups is 1. The summed E-state index contributed by atoms with van der Waals surface area (Å²) in [5, 5.41) is 9.26. The number of hydrogen-bond acceptors (Lipinski definition) is 3. The second kappa shape index (κ2) is 5.01. The van der Waals surface area contributed by atoms with E-state index < -0.39 is 5.97 Å². The van der Waals surface area contributed by atoms with Crippen molar-refractivity contribution in [3.63, 3.8) is 0 Å². The summed E-state index contributed by atoms with van der Waals surface area (Å²) in [5.74, 6) is -0.478. The quantitative estimate of drug-likeness (QED) is 0.593. The molecule has 3 nitrogen and oxygen atoms in total. The number of benzene rings is 1. The van der Waals surface area contributed by atoms with Crippen molar-refractivity contribution in [2.45, 2.75) is 5.88 Å².